The van der Waals surface area contributed by atoms with Crippen LogP contribution < -0.4 is 10.3 Å². The van der Waals surface area contributed by atoms with Gasteiger partial charge in [0.1, 0.15) is 10.7 Å². The second-order valence-electron chi connectivity index (χ2n) is 6.03. The normalized spacial score (nSPS) is 15.0. The smallest absolute Gasteiger partial charge is 0.262 e. The Hall–Kier alpha value is -2.60. The van der Waals surface area contributed by atoms with Crippen molar-refractivity contribution in [2.24, 2.45) is 0 Å². The number of hydrogen-bond donors (Lipinski definition) is 1. The molecule has 0 atom stereocenters. The maximum absolute atomic E-state index is 12.7. The van der Waals surface area contributed by atoms with Gasteiger partial charge in [-0.15, -0.1) is 11.3 Å². The molecule has 1 N–H and O–H groups in total. The average molecular weight is 354 g/mol. The Kier molecular flexibility index (Phi) is 3.84. The lowest BCUT2D eigenvalue weighted by molar-refractivity contribution is 0.373. The fourth-order valence-corrected chi connectivity index (χ4v) is 4.13. The summed E-state index contributed by atoms with van der Waals surface area (Å²) >= 11 is 1.58. The number of aromatic hydroxyl groups is 1. The summed E-state index contributed by atoms with van der Waals surface area (Å²) in [5, 5.41) is 10.7. The summed E-state index contributed by atoms with van der Waals surface area (Å²) in [6.07, 6.45) is 3.64. The van der Waals surface area contributed by atoms with Crippen molar-refractivity contribution in [1.82, 2.24) is 9.55 Å². The van der Waals surface area contributed by atoms with Crippen molar-refractivity contribution in [3.63, 3.8) is 0 Å². The number of fused-ring (bicyclic) bond motifs is 2. The van der Waals surface area contributed by atoms with Crippen LogP contribution >= 0.6 is 11.3 Å². The third kappa shape index (κ3) is 2.62. The molecule has 0 aliphatic carbocycles. The van der Waals surface area contributed by atoms with E-state index in [1.54, 1.807) is 28.0 Å². The van der Waals surface area contributed by atoms with Crippen molar-refractivity contribution in [1.29, 1.82) is 0 Å². The van der Waals surface area contributed by atoms with Crippen LogP contribution in [0.5, 0.6) is 11.5 Å². The van der Waals surface area contributed by atoms with E-state index in [1.807, 2.05) is 18.2 Å². The fraction of sp³-hybridized carbons (Fsp3) is 0.263. The molecule has 0 amide bonds. The largest absolute Gasteiger partial charge is 0.504 e. The number of allylic oxidation sites excluding steroid dienone is 1. The Morgan fingerprint density at radius 3 is 2.96 bits per heavy atom. The third-order valence-corrected chi connectivity index (χ3v) is 5.66. The second kappa shape index (κ2) is 6.04. The Morgan fingerprint density at radius 1 is 1.40 bits per heavy atom. The minimum atomic E-state index is 0.0388. The van der Waals surface area contributed by atoms with Gasteiger partial charge in [-0.05, 0) is 48.3 Å². The zero-order valence-corrected chi connectivity index (χ0v) is 14.9. The highest BCUT2D eigenvalue weighted by molar-refractivity contribution is 7.18. The van der Waals surface area contributed by atoms with Gasteiger partial charge in [-0.2, -0.15) is 0 Å². The molecule has 25 heavy (non-hydrogen) atoms. The molecule has 0 bridgehead atoms. The van der Waals surface area contributed by atoms with Gasteiger partial charge in [0.2, 0.25) is 0 Å². The van der Waals surface area contributed by atoms with Crippen LogP contribution in [0.4, 0.5) is 0 Å². The van der Waals surface area contributed by atoms with E-state index in [2.05, 4.69) is 6.92 Å². The molecule has 1 aromatic carbocycles. The van der Waals surface area contributed by atoms with Crippen molar-refractivity contribution >= 4 is 33.2 Å². The van der Waals surface area contributed by atoms with E-state index >= 15 is 0 Å². The lowest BCUT2D eigenvalue weighted by atomic mass is 10.1. The van der Waals surface area contributed by atoms with Gasteiger partial charge in [0.15, 0.2) is 11.5 Å². The number of ether oxygens (including phenoxy) is 1. The van der Waals surface area contributed by atoms with Gasteiger partial charge in [-0.25, -0.2) is 4.98 Å². The second-order valence-corrected chi connectivity index (χ2v) is 7.14. The number of methoxy groups -OCH3 is 1. The van der Waals surface area contributed by atoms with Crippen molar-refractivity contribution in [2.75, 3.05) is 7.11 Å². The van der Waals surface area contributed by atoms with E-state index in [0.29, 0.717) is 17.7 Å². The standard InChI is InChI=1S/C19H18N2O3S/c1-3-13-10-14-18(25-13)20-17-12(6-7-21(17)19(14)23)8-11-4-5-16(24-2)15(22)9-11/h4-5,8-10,22H,3,6-7H2,1-2H3/b12-8+. The van der Waals surface area contributed by atoms with Crippen LogP contribution in [0.3, 0.4) is 0 Å². The van der Waals surface area contributed by atoms with Crippen LogP contribution in [-0.2, 0) is 13.0 Å². The summed E-state index contributed by atoms with van der Waals surface area (Å²) in [6, 6.07) is 7.23. The van der Waals surface area contributed by atoms with Crippen molar-refractivity contribution in [2.45, 2.75) is 26.3 Å². The molecule has 0 fully saturated rings. The first-order chi connectivity index (χ1) is 12.1. The highest BCUT2D eigenvalue weighted by atomic mass is 32.1. The lowest BCUT2D eigenvalue weighted by Crippen LogP contribution is -2.19. The summed E-state index contributed by atoms with van der Waals surface area (Å²) in [5.74, 6) is 1.27. The van der Waals surface area contributed by atoms with E-state index < -0.39 is 0 Å². The number of aromatic nitrogens is 2. The Bertz CT molecular complexity index is 1060. The Labute approximate surface area is 148 Å². The molecule has 0 saturated carbocycles. The number of phenolic OH excluding ortho intramolecular Hbond substituents is 1. The van der Waals surface area contributed by atoms with Crippen LogP contribution in [0.1, 0.15) is 29.6 Å². The van der Waals surface area contributed by atoms with Gasteiger partial charge in [0.05, 0.1) is 12.5 Å². The van der Waals surface area contributed by atoms with Crippen molar-refractivity contribution in [3.05, 3.63) is 50.9 Å². The van der Waals surface area contributed by atoms with Gasteiger partial charge < -0.3 is 9.84 Å². The number of benzene rings is 1. The third-order valence-electron chi connectivity index (χ3n) is 4.49. The molecule has 0 radical (unpaired) electrons. The van der Waals surface area contributed by atoms with Gasteiger partial charge in [-0.1, -0.05) is 13.0 Å². The number of nitrogens with zero attached hydrogens (tertiary/aromatic N) is 2. The van der Waals surface area contributed by atoms with E-state index in [9.17, 15) is 9.90 Å². The minimum absolute atomic E-state index is 0.0388. The van der Waals surface area contributed by atoms with Crippen molar-refractivity contribution < 1.29 is 9.84 Å². The highest BCUT2D eigenvalue weighted by Crippen LogP contribution is 2.32. The first-order valence-corrected chi connectivity index (χ1v) is 9.03. The van der Waals surface area contributed by atoms with Gasteiger partial charge in [-0.3, -0.25) is 9.36 Å². The summed E-state index contributed by atoms with van der Waals surface area (Å²) in [7, 11) is 1.52. The quantitative estimate of drug-likeness (QED) is 0.779. The lowest BCUT2D eigenvalue weighted by Gasteiger charge is -2.05. The zero-order valence-electron chi connectivity index (χ0n) is 14.1. The van der Waals surface area contributed by atoms with Crippen LogP contribution in [0, 0.1) is 0 Å². The van der Waals surface area contributed by atoms with Gasteiger partial charge >= 0.3 is 0 Å². The van der Waals surface area contributed by atoms with E-state index in [0.717, 1.165) is 34.6 Å². The van der Waals surface area contributed by atoms with Crippen LogP contribution in [-0.4, -0.2) is 21.8 Å². The fourth-order valence-electron chi connectivity index (χ4n) is 3.17. The predicted molar refractivity (Wildman–Crippen MR) is 100 cm³/mol. The number of hydrogen-bond acceptors (Lipinski definition) is 5. The summed E-state index contributed by atoms with van der Waals surface area (Å²) in [4.78, 5) is 19.5. The number of thiophene rings is 1. The molecular weight excluding hydrogens is 336 g/mol. The predicted octanol–water partition coefficient (Wildman–Crippen LogP) is 3.68. The molecule has 1 aliphatic rings. The molecule has 5 nitrogen and oxygen atoms in total. The van der Waals surface area contributed by atoms with E-state index in [-0.39, 0.29) is 11.3 Å². The van der Waals surface area contributed by atoms with E-state index in [4.69, 9.17) is 9.72 Å². The maximum Gasteiger partial charge on any atom is 0.262 e. The summed E-state index contributed by atoms with van der Waals surface area (Å²) < 4.78 is 6.83. The molecule has 2 aromatic heterocycles. The van der Waals surface area contributed by atoms with Crippen LogP contribution in [0.15, 0.2) is 29.1 Å². The zero-order chi connectivity index (χ0) is 17.6. The number of phenols is 1. The van der Waals surface area contributed by atoms with Crippen LogP contribution in [0.2, 0.25) is 0 Å². The molecule has 6 heteroatoms. The Balaban J connectivity index is 1.82. The van der Waals surface area contributed by atoms with Crippen molar-refractivity contribution in [3.8, 4) is 11.5 Å². The molecule has 3 aromatic rings. The summed E-state index contributed by atoms with van der Waals surface area (Å²) in [6.45, 7) is 2.72. The minimum Gasteiger partial charge on any atom is -0.504 e. The van der Waals surface area contributed by atoms with Gasteiger partial charge in [0, 0.05) is 11.4 Å². The topological polar surface area (TPSA) is 64.4 Å². The molecule has 0 spiro atoms. The first-order valence-electron chi connectivity index (χ1n) is 8.22. The molecule has 0 saturated heterocycles. The SMILES string of the molecule is CCc1cc2c(=O)n3c(nc2s1)/C(=C/c1ccc(OC)c(O)c1)CC3. The number of rotatable bonds is 3. The number of aryl methyl sites for hydroxylation is 1. The molecule has 1 aliphatic heterocycles. The molecule has 0 unspecified atom stereocenters. The Morgan fingerprint density at radius 2 is 2.24 bits per heavy atom. The first kappa shape index (κ1) is 15.9. The van der Waals surface area contributed by atoms with Crippen LogP contribution in [0.25, 0.3) is 21.9 Å². The monoisotopic (exact) mass is 354 g/mol. The van der Waals surface area contributed by atoms with E-state index in [1.165, 1.54) is 12.0 Å². The maximum atomic E-state index is 12.7. The molecule has 128 valence electrons. The van der Waals surface area contributed by atoms with Gasteiger partial charge in [0.25, 0.3) is 5.56 Å². The summed E-state index contributed by atoms with van der Waals surface area (Å²) in [5.41, 5.74) is 1.91. The molecular formula is C19H18N2O3S. The molecule has 3 heterocycles. The average Bonchev–Trinajstić information content (AvgIpc) is 3.20. The highest BCUT2D eigenvalue weighted by Gasteiger charge is 2.22. The molecule has 4 rings (SSSR count).